The molecule has 13 heavy (non-hydrogen) atoms. The highest BCUT2D eigenvalue weighted by molar-refractivity contribution is 4.96. The molecule has 0 heterocycles. The molecule has 76 valence electrons. The van der Waals surface area contributed by atoms with Crippen LogP contribution in [0.1, 0.15) is 52.4 Å². The summed E-state index contributed by atoms with van der Waals surface area (Å²) in [7, 11) is 0. The lowest BCUT2D eigenvalue weighted by Crippen LogP contribution is -2.34. The average Bonchev–Trinajstić information content (AvgIpc) is 2.04. The van der Waals surface area contributed by atoms with Crippen LogP contribution in [0.4, 0.5) is 0 Å². The van der Waals surface area contributed by atoms with Gasteiger partial charge in [-0.1, -0.05) is 31.8 Å². The van der Waals surface area contributed by atoms with Crippen LogP contribution in [0.2, 0.25) is 0 Å². The first-order valence-electron chi connectivity index (χ1n) is 5.37. The Labute approximate surface area is 81.9 Å². The van der Waals surface area contributed by atoms with Crippen molar-refractivity contribution >= 4 is 0 Å². The number of aliphatic hydroxyl groups is 1. The van der Waals surface area contributed by atoms with Crippen LogP contribution in [-0.2, 0) is 0 Å². The molecule has 1 rings (SSSR count). The molecule has 0 bridgehead atoms. The third-order valence-electron chi connectivity index (χ3n) is 3.34. The van der Waals surface area contributed by atoms with E-state index in [-0.39, 0.29) is 11.5 Å². The molecule has 0 radical (unpaired) electrons. The Morgan fingerprint density at radius 3 is 2.38 bits per heavy atom. The van der Waals surface area contributed by atoms with Crippen LogP contribution in [0.5, 0.6) is 0 Å². The summed E-state index contributed by atoms with van der Waals surface area (Å²) in [5, 5.41) is 10.0. The molecule has 0 amide bonds. The van der Waals surface area contributed by atoms with Crippen LogP contribution >= 0.6 is 0 Å². The van der Waals surface area contributed by atoms with Crippen molar-refractivity contribution in [3.05, 3.63) is 12.2 Å². The zero-order valence-corrected chi connectivity index (χ0v) is 8.97. The van der Waals surface area contributed by atoms with Gasteiger partial charge in [0.05, 0.1) is 6.10 Å². The molecule has 1 aliphatic rings. The molecule has 0 aliphatic heterocycles. The quantitative estimate of drug-likeness (QED) is 0.664. The van der Waals surface area contributed by atoms with E-state index in [4.69, 9.17) is 0 Å². The number of hydrogen-bond acceptors (Lipinski definition) is 1. The van der Waals surface area contributed by atoms with Gasteiger partial charge in [-0.05, 0) is 31.6 Å². The molecule has 1 unspecified atom stereocenters. The fraction of sp³-hybridized carbons (Fsp3) is 0.833. The molecule has 0 aromatic carbocycles. The minimum atomic E-state index is -0.176. The van der Waals surface area contributed by atoms with Crippen molar-refractivity contribution in [2.24, 2.45) is 5.41 Å². The second-order valence-corrected chi connectivity index (χ2v) is 4.89. The summed E-state index contributed by atoms with van der Waals surface area (Å²) in [6, 6.07) is 0. The zero-order chi connectivity index (χ0) is 9.90. The van der Waals surface area contributed by atoms with Gasteiger partial charge in [-0.2, -0.15) is 0 Å². The molecule has 1 aliphatic carbocycles. The van der Waals surface area contributed by atoms with Gasteiger partial charge in [-0.3, -0.25) is 0 Å². The van der Waals surface area contributed by atoms with Crippen LogP contribution < -0.4 is 0 Å². The topological polar surface area (TPSA) is 20.2 Å². The molecule has 0 aromatic heterocycles. The van der Waals surface area contributed by atoms with Crippen LogP contribution in [0.15, 0.2) is 12.2 Å². The van der Waals surface area contributed by atoms with Gasteiger partial charge in [0.25, 0.3) is 0 Å². The van der Waals surface area contributed by atoms with Crippen molar-refractivity contribution in [3.8, 4) is 0 Å². The summed E-state index contributed by atoms with van der Waals surface area (Å²) in [6.45, 7) is 8.08. The third-order valence-corrected chi connectivity index (χ3v) is 3.34. The number of hydrogen-bond donors (Lipinski definition) is 1. The van der Waals surface area contributed by atoms with Gasteiger partial charge >= 0.3 is 0 Å². The largest absolute Gasteiger partial charge is 0.392 e. The van der Waals surface area contributed by atoms with Crippen molar-refractivity contribution < 1.29 is 5.11 Å². The van der Waals surface area contributed by atoms with E-state index in [1.807, 2.05) is 6.92 Å². The van der Waals surface area contributed by atoms with Crippen molar-refractivity contribution in [2.75, 3.05) is 0 Å². The normalized spacial score (nSPS) is 23.9. The van der Waals surface area contributed by atoms with E-state index in [1.165, 1.54) is 32.1 Å². The van der Waals surface area contributed by atoms with E-state index in [0.29, 0.717) is 0 Å². The molecule has 0 saturated heterocycles. The van der Waals surface area contributed by atoms with E-state index >= 15 is 0 Å². The maximum absolute atomic E-state index is 10.0. The first kappa shape index (κ1) is 10.8. The Morgan fingerprint density at radius 1 is 1.38 bits per heavy atom. The van der Waals surface area contributed by atoms with Crippen molar-refractivity contribution in [2.45, 2.75) is 58.5 Å². The smallest absolute Gasteiger partial charge is 0.0630 e. The molecule has 0 aromatic rings. The SMILES string of the molecule is C=C(C)CC(O)C1(C)CCCCC1. The molecule has 1 nitrogen and oxygen atoms in total. The predicted molar refractivity (Wildman–Crippen MR) is 56.6 cm³/mol. The lowest BCUT2D eigenvalue weighted by Gasteiger charge is -2.38. The summed E-state index contributed by atoms with van der Waals surface area (Å²) >= 11 is 0. The van der Waals surface area contributed by atoms with E-state index in [1.54, 1.807) is 0 Å². The summed E-state index contributed by atoms with van der Waals surface area (Å²) in [4.78, 5) is 0. The summed E-state index contributed by atoms with van der Waals surface area (Å²) < 4.78 is 0. The standard InChI is InChI=1S/C12H22O/c1-10(2)9-11(13)12(3)7-5-4-6-8-12/h11,13H,1,4-9H2,2-3H3. The van der Waals surface area contributed by atoms with Crippen molar-refractivity contribution in [1.29, 1.82) is 0 Å². The minimum Gasteiger partial charge on any atom is -0.392 e. The Morgan fingerprint density at radius 2 is 1.92 bits per heavy atom. The molecular weight excluding hydrogens is 160 g/mol. The van der Waals surface area contributed by atoms with E-state index in [9.17, 15) is 5.11 Å². The first-order chi connectivity index (χ1) is 6.04. The molecule has 1 heteroatoms. The fourth-order valence-corrected chi connectivity index (χ4v) is 2.27. The molecule has 1 fully saturated rings. The van der Waals surface area contributed by atoms with Crippen LogP contribution in [0.3, 0.4) is 0 Å². The Hall–Kier alpha value is -0.300. The monoisotopic (exact) mass is 182 g/mol. The maximum Gasteiger partial charge on any atom is 0.0630 e. The van der Waals surface area contributed by atoms with Crippen LogP contribution in [0.25, 0.3) is 0 Å². The highest BCUT2D eigenvalue weighted by Gasteiger charge is 2.33. The molecule has 0 spiro atoms. The highest BCUT2D eigenvalue weighted by Crippen LogP contribution is 2.40. The van der Waals surface area contributed by atoms with Crippen molar-refractivity contribution in [1.82, 2.24) is 0 Å². The van der Waals surface area contributed by atoms with Crippen LogP contribution in [0, 0.1) is 5.41 Å². The number of rotatable bonds is 3. The van der Waals surface area contributed by atoms with Gasteiger partial charge in [-0.25, -0.2) is 0 Å². The number of aliphatic hydroxyl groups excluding tert-OH is 1. The predicted octanol–water partition coefficient (Wildman–Crippen LogP) is 3.28. The highest BCUT2D eigenvalue weighted by atomic mass is 16.3. The molecule has 1 N–H and O–H groups in total. The molecule has 1 atom stereocenters. The van der Waals surface area contributed by atoms with E-state index in [2.05, 4.69) is 13.5 Å². The van der Waals surface area contributed by atoms with Crippen LogP contribution in [-0.4, -0.2) is 11.2 Å². The third kappa shape index (κ3) is 2.84. The molecular formula is C12H22O. The summed E-state index contributed by atoms with van der Waals surface area (Å²) in [5.74, 6) is 0. The van der Waals surface area contributed by atoms with Gasteiger partial charge in [0.2, 0.25) is 0 Å². The average molecular weight is 182 g/mol. The second-order valence-electron chi connectivity index (χ2n) is 4.89. The zero-order valence-electron chi connectivity index (χ0n) is 8.97. The summed E-state index contributed by atoms with van der Waals surface area (Å²) in [6.07, 6.45) is 6.87. The van der Waals surface area contributed by atoms with Gasteiger partial charge in [-0.15, -0.1) is 6.58 Å². The lowest BCUT2D eigenvalue weighted by atomic mass is 9.70. The Kier molecular flexibility index (Phi) is 3.55. The van der Waals surface area contributed by atoms with Gasteiger partial charge < -0.3 is 5.11 Å². The second kappa shape index (κ2) is 4.28. The van der Waals surface area contributed by atoms with E-state index in [0.717, 1.165) is 12.0 Å². The Bertz CT molecular complexity index is 178. The van der Waals surface area contributed by atoms with Gasteiger partial charge in [0, 0.05) is 0 Å². The fourth-order valence-electron chi connectivity index (χ4n) is 2.27. The maximum atomic E-state index is 10.0. The summed E-state index contributed by atoms with van der Waals surface area (Å²) in [5.41, 5.74) is 1.26. The molecule has 1 saturated carbocycles. The Balaban J connectivity index is 2.51. The minimum absolute atomic E-state index is 0.164. The van der Waals surface area contributed by atoms with E-state index < -0.39 is 0 Å². The van der Waals surface area contributed by atoms with Gasteiger partial charge in [0.1, 0.15) is 0 Å². The lowest BCUT2D eigenvalue weighted by molar-refractivity contribution is 0.0105. The van der Waals surface area contributed by atoms with Gasteiger partial charge in [0.15, 0.2) is 0 Å². The first-order valence-corrected chi connectivity index (χ1v) is 5.37. The van der Waals surface area contributed by atoms with Crippen molar-refractivity contribution in [3.63, 3.8) is 0 Å².